The van der Waals surface area contributed by atoms with E-state index >= 15 is 0 Å². The van der Waals surface area contributed by atoms with Gasteiger partial charge in [-0.05, 0) is 79.5 Å². The smallest absolute Gasteiger partial charge is 0.166 e. The molecule has 0 nitrogen and oxygen atoms in total. The first-order valence-corrected chi connectivity index (χ1v) is 9.09. The SMILES string of the molecule is FC(F)(F)c1ccc2c(ccc3cc4c(ccc5cc(C(F)(F)F)ccc54)cc32)c1. The lowest BCUT2D eigenvalue weighted by Crippen LogP contribution is -2.04. The van der Waals surface area contributed by atoms with Gasteiger partial charge in [-0.15, -0.1) is 0 Å². The Kier molecular flexibility index (Phi) is 3.81. The van der Waals surface area contributed by atoms with Gasteiger partial charge in [0.25, 0.3) is 0 Å². The predicted octanol–water partition coefficient (Wildman–Crippen LogP) is 8.34. The summed E-state index contributed by atoms with van der Waals surface area (Å²) in [7, 11) is 0. The first-order valence-electron chi connectivity index (χ1n) is 9.09. The van der Waals surface area contributed by atoms with Crippen molar-refractivity contribution in [2.24, 2.45) is 0 Å². The first kappa shape index (κ1) is 18.7. The fraction of sp³-hybridized carbons (Fsp3) is 0.0833. The molecule has 6 heteroatoms. The highest BCUT2D eigenvalue weighted by Gasteiger charge is 2.31. The number of alkyl halides is 6. The number of benzene rings is 5. The molecule has 0 aromatic heterocycles. The van der Waals surface area contributed by atoms with Crippen molar-refractivity contribution in [3.05, 3.63) is 83.9 Å². The number of halogens is 6. The monoisotopic (exact) mass is 414 g/mol. The summed E-state index contributed by atoms with van der Waals surface area (Å²) in [5.74, 6) is 0. The molecule has 0 atom stereocenters. The van der Waals surface area contributed by atoms with E-state index in [1.165, 1.54) is 12.1 Å². The predicted molar refractivity (Wildman–Crippen MR) is 106 cm³/mol. The van der Waals surface area contributed by atoms with Crippen LogP contribution in [-0.4, -0.2) is 0 Å². The molecule has 5 aromatic rings. The zero-order valence-electron chi connectivity index (χ0n) is 15.2. The van der Waals surface area contributed by atoms with Gasteiger partial charge in [0.1, 0.15) is 0 Å². The maximum atomic E-state index is 13.0. The normalized spacial score (nSPS) is 13.0. The summed E-state index contributed by atoms with van der Waals surface area (Å²) in [4.78, 5) is 0. The van der Waals surface area contributed by atoms with Crippen molar-refractivity contribution in [3.63, 3.8) is 0 Å². The van der Waals surface area contributed by atoms with Crippen LogP contribution in [0.2, 0.25) is 0 Å². The van der Waals surface area contributed by atoms with Crippen LogP contribution in [0, 0.1) is 0 Å². The second-order valence-corrected chi connectivity index (χ2v) is 7.29. The van der Waals surface area contributed by atoms with E-state index in [4.69, 9.17) is 0 Å². The average molecular weight is 414 g/mol. The Morgan fingerprint density at radius 3 is 1.03 bits per heavy atom. The molecule has 0 aliphatic rings. The highest BCUT2D eigenvalue weighted by Crippen LogP contribution is 2.37. The van der Waals surface area contributed by atoms with Gasteiger partial charge < -0.3 is 0 Å². The van der Waals surface area contributed by atoms with Gasteiger partial charge in [0.15, 0.2) is 0 Å². The summed E-state index contributed by atoms with van der Waals surface area (Å²) < 4.78 is 78.1. The molecule has 0 heterocycles. The van der Waals surface area contributed by atoms with E-state index < -0.39 is 23.5 Å². The van der Waals surface area contributed by atoms with Crippen LogP contribution >= 0.6 is 0 Å². The fourth-order valence-electron chi connectivity index (χ4n) is 3.98. The number of hydrogen-bond acceptors (Lipinski definition) is 0. The molecule has 0 amide bonds. The van der Waals surface area contributed by atoms with Gasteiger partial charge in [-0.25, -0.2) is 0 Å². The summed E-state index contributed by atoms with van der Waals surface area (Å²) >= 11 is 0. The number of rotatable bonds is 0. The standard InChI is InChI=1S/C24H12F6/c25-23(26,27)17-5-7-19-13(9-17)1-3-15-11-22-16(12-21(15)19)4-2-14-10-18(24(28,29)30)6-8-20(14)22/h1-12H. The van der Waals surface area contributed by atoms with Gasteiger partial charge in [-0.1, -0.05) is 36.4 Å². The molecule has 30 heavy (non-hydrogen) atoms. The summed E-state index contributed by atoms with van der Waals surface area (Å²) in [6.07, 6.45) is -8.83. The largest absolute Gasteiger partial charge is 0.416 e. The minimum absolute atomic E-state index is 0.479. The quantitative estimate of drug-likeness (QED) is 0.136. The van der Waals surface area contributed by atoms with Crippen LogP contribution in [0.4, 0.5) is 26.3 Å². The van der Waals surface area contributed by atoms with Crippen LogP contribution in [0.15, 0.2) is 72.8 Å². The molecule has 0 unspecified atom stereocenters. The Hall–Kier alpha value is -3.28. The number of hydrogen-bond donors (Lipinski definition) is 0. The third-order valence-corrected chi connectivity index (χ3v) is 5.44. The molecule has 0 bridgehead atoms. The molecular formula is C24H12F6. The molecule has 150 valence electrons. The van der Waals surface area contributed by atoms with Crippen molar-refractivity contribution in [2.75, 3.05) is 0 Å². The van der Waals surface area contributed by atoms with Crippen LogP contribution in [0.3, 0.4) is 0 Å². The Labute approximate surface area is 166 Å². The minimum Gasteiger partial charge on any atom is -0.166 e. The van der Waals surface area contributed by atoms with Gasteiger partial charge in [0.2, 0.25) is 0 Å². The topological polar surface area (TPSA) is 0 Å². The molecule has 5 aromatic carbocycles. The third-order valence-electron chi connectivity index (χ3n) is 5.44. The molecule has 0 aliphatic heterocycles. The lowest BCUT2D eigenvalue weighted by Gasteiger charge is -2.12. The van der Waals surface area contributed by atoms with Gasteiger partial charge in [-0.2, -0.15) is 26.3 Å². The van der Waals surface area contributed by atoms with Crippen molar-refractivity contribution in [3.8, 4) is 0 Å². The third kappa shape index (κ3) is 2.95. The van der Waals surface area contributed by atoms with Crippen molar-refractivity contribution in [2.45, 2.75) is 12.4 Å². The molecule has 0 saturated carbocycles. The van der Waals surface area contributed by atoms with Crippen molar-refractivity contribution in [1.29, 1.82) is 0 Å². The summed E-state index contributed by atoms with van der Waals surface area (Å²) in [6.45, 7) is 0. The van der Waals surface area contributed by atoms with Crippen LogP contribution in [0.25, 0.3) is 43.1 Å². The second kappa shape index (κ2) is 6.11. The fourth-order valence-corrected chi connectivity index (χ4v) is 3.98. The van der Waals surface area contributed by atoms with Gasteiger partial charge >= 0.3 is 12.4 Å². The van der Waals surface area contributed by atoms with Crippen LogP contribution in [0.5, 0.6) is 0 Å². The van der Waals surface area contributed by atoms with E-state index in [1.54, 1.807) is 24.3 Å². The molecule has 0 fully saturated rings. The van der Waals surface area contributed by atoms with Crippen LogP contribution in [-0.2, 0) is 12.4 Å². The molecule has 0 spiro atoms. The molecular weight excluding hydrogens is 402 g/mol. The van der Waals surface area contributed by atoms with Gasteiger partial charge in [-0.3, -0.25) is 0 Å². The van der Waals surface area contributed by atoms with E-state index in [2.05, 4.69) is 0 Å². The maximum absolute atomic E-state index is 13.0. The van der Waals surface area contributed by atoms with E-state index in [0.717, 1.165) is 45.8 Å². The van der Waals surface area contributed by atoms with E-state index in [-0.39, 0.29) is 0 Å². The highest BCUT2D eigenvalue weighted by atomic mass is 19.4. The van der Waals surface area contributed by atoms with Gasteiger partial charge in [0.05, 0.1) is 11.1 Å². The van der Waals surface area contributed by atoms with Crippen LogP contribution < -0.4 is 0 Å². The van der Waals surface area contributed by atoms with E-state index in [9.17, 15) is 26.3 Å². The van der Waals surface area contributed by atoms with Crippen molar-refractivity contribution in [1.82, 2.24) is 0 Å². The Morgan fingerprint density at radius 2 is 0.700 bits per heavy atom. The summed E-state index contributed by atoms with van der Waals surface area (Å²) in [5, 5.41) is 5.54. The second-order valence-electron chi connectivity index (χ2n) is 7.29. The van der Waals surface area contributed by atoms with Gasteiger partial charge in [0, 0.05) is 0 Å². The maximum Gasteiger partial charge on any atom is 0.416 e. The van der Waals surface area contributed by atoms with E-state index in [1.807, 2.05) is 12.1 Å². The van der Waals surface area contributed by atoms with Crippen molar-refractivity contribution >= 4 is 43.1 Å². The highest BCUT2D eigenvalue weighted by molar-refractivity contribution is 6.17. The molecule has 0 N–H and O–H groups in total. The molecule has 0 aliphatic carbocycles. The Balaban J connectivity index is 1.77. The lowest BCUT2D eigenvalue weighted by molar-refractivity contribution is -0.138. The minimum atomic E-state index is -4.42. The molecule has 0 saturated heterocycles. The zero-order chi connectivity index (χ0) is 21.3. The summed E-state index contributed by atoms with van der Waals surface area (Å²) in [5.41, 5.74) is -1.41. The molecule has 0 radical (unpaired) electrons. The lowest BCUT2D eigenvalue weighted by atomic mass is 9.94. The Bertz CT molecular complexity index is 1350. The number of fused-ring (bicyclic) bond motifs is 6. The van der Waals surface area contributed by atoms with E-state index in [0.29, 0.717) is 21.5 Å². The average Bonchev–Trinajstić information content (AvgIpc) is 2.70. The zero-order valence-corrected chi connectivity index (χ0v) is 15.2. The molecule has 5 rings (SSSR count). The first-order chi connectivity index (χ1) is 14.1. The summed E-state index contributed by atoms with van der Waals surface area (Å²) in [6, 6.07) is 17.8. The van der Waals surface area contributed by atoms with Crippen LogP contribution in [0.1, 0.15) is 11.1 Å². The van der Waals surface area contributed by atoms with Crippen molar-refractivity contribution < 1.29 is 26.3 Å². The Morgan fingerprint density at radius 1 is 0.367 bits per heavy atom.